The second-order valence-electron chi connectivity index (χ2n) is 4.31. The van der Waals surface area contributed by atoms with Gasteiger partial charge in [-0.1, -0.05) is 12.1 Å². The minimum atomic E-state index is 0.501. The summed E-state index contributed by atoms with van der Waals surface area (Å²) in [6.07, 6.45) is 0.775. The highest BCUT2D eigenvalue weighted by molar-refractivity contribution is 6.07. The molecule has 0 spiro atoms. The number of methoxy groups -OCH3 is 1. The number of benzene rings is 2. The second-order valence-corrected chi connectivity index (χ2v) is 4.31. The fourth-order valence-corrected chi connectivity index (χ4v) is 2.19. The zero-order chi connectivity index (χ0) is 12.7. The Bertz CT molecular complexity index is 753. The van der Waals surface area contributed by atoms with Crippen molar-refractivity contribution >= 4 is 28.2 Å². The summed E-state index contributed by atoms with van der Waals surface area (Å²) in [5.74, 6) is 0.570. The van der Waals surface area contributed by atoms with Gasteiger partial charge >= 0.3 is 0 Å². The number of aldehydes is 1. The lowest BCUT2D eigenvalue weighted by atomic mass is 10.1. The zero-order valence-corrected chi connectivity index (χ0v) is 10.2. The highest BCUT2D eigenvalue weighted by Gasteiger charge is 2.11. The van der Waals surface area contributed by atoms with E-state index in [1.807, 2.05) is 31.2 Å². The van der Waals surface area contributed by atoms with Gasteiger partial charge in [-0.3, -0.25) is 4.79 Å². The van der Waals surface area contributed by atoms with Crippen LogP contribution in [0.1, 0.15) is 15.9 Å². The van der Waals surface area contributed by atoms with E-state index < -0.39 is 0 Å². The Morgan fingerprint density at radius 2 is 1.89 bits per heavy atom. The smallest absolute Gasteiger partial charge is 0.153 e. The minimum absolute atomic E-state index is 0.501. The van der Waals surface area contributed by atoms with Gasteiger partial charge in [0.1, 0.15) is 16.9 Å². The van der Waals surface area contributed by atoms with Gasteiger partial charge in [-0.05, 0) is 30.7 Å². The lowest BCUT2D eigenvalue weighted by Crippen LogP contribution is -1.89. The average Bonchev–Trinajstić information content (AvgIpc) is 2.73. The van der Waals surface area contributed by atoms with Crippen LogP contribution in [0.5, 0.6) is 5.75 Å². The third-order valence-electron chi connectivity index (χ3n) is 3.11. The summed E-state index contributed by atoms with van der Waals surface area (Å²) in [5.41, 5.74) is 3.18. The maximum Gasteiger partial charge on any atom is 0.153 e. The lowest BCUT2D eigenvalue weighted by Gasteiger charge is -2.02. The highest BCUT2D eigenvalue weighted by atomic mass is 16.5. The van der Waals surface area contributed by atoms with Gasteiger partial charge in [0, 0.05) is 10.8 Å². The van der Waals surface area contributed by atoms with Crippen LogP contribution in [0, 0.1) is 6.92 Å². The van der Waals surface area contributed by atoms with Crippen LogP contribution < -0.4 is 4.74 Å². The Kier molecular flexibility index (Phi) is 2.33. The van der Waals surface area contributed by atoms with Crippen LogP contribution in [0.15, 0.2) is 34.7 Å². The number of carbonyl (C=O) groups is 1. The Morgan fingerprint density at radius 1 is 1.11 bits per heavy atom. The Labute approximate surface area is 104 Å². The van der Waals surface area contributed by atoms with E-state index in [1.165, 1.54) is 0 Å². The van der Waals surface area contributed by atoms with Gasteiger partial charge in [0.2, 0.25) is 0 Å². The van der Waals surface area contributed by atoms with Crippen LogP contribution in [0.2, 0.25) is 0 Å². The molecule has 0 N–H and O–H groups in total. The molecule has 3 aromatic rings. The van der Waals surface area contributed by atoms with Crippen molar-refractivity contribution in [2.24, 2.45) is 0 Å². The zero-order valence-electron chi connectivity index (χ0n) is 10.2. The molecule has 2 aromatic carbocycles. The Hall–Kier alpha value is -2.29. The van der Waals surface area contributed by atoms with Crippen LogP contribution in [0.3, 0.4) is 0 Å². The number of ether oxygens (including phenoxy) is 1. The minimum Gasteiger partial charge on any atom is -0.496 e. The maximum absolute atomic E-state index is 11.0. The second kappa shape index (κ2) is 3.88. The molecule has 3 heteroatoms. The van der Waals surface area contributed by atoms with Crippen molar-refractivity contribution in [3.63, 3.8) is 0 Å². The van der Waals surface area contributed by atoms with Crippen LogP contribution >= 0.6 is 0 Å². The van der Waals surface area contributed by atoms with Gasteiger partial charge in [-0.25, -0.2) is 0 Å². The molecule has 0 saturated heterocycles. The Morgan fingerprint density at radius 3 is 2.61 bits per heavy atom. The first kappa shape index (κ1) is 10.8. The van der Waals surface area contributed by atoms with E-state index in [0.717, 1.165) is 28.2 Å². The monoisotopic (exact) mass is 240 g/mol. The van der Waals surface area contributed by atoms with Crippen LogP contribution in [-0.4, -0.2) is 13.4 Å². The molecule has 3 nitrogen and oxygen atoms in total. The molecule has 1 heterocycles. The lowest BCUT2D eigenvalue weighted by molar-refractivity contribution is 0.112. The Balaban J connectivity index is 2.43. The number of rotatable bonds is 2. The SMILES string of the molecule is COc1cc2c(cc1C=O)oc1cc(C)ccc12. The normalized spacial score (nSPS) is 11.0. The summed E-state index contributed by atoms with van der Waals surface area (Å²) < 4.78 is 11.0. The van der Waals surface area contributed by atoms with Gasteiger partial charge in [-0.15, -0.1) is 0 Å². The first-order chi connectivity index (χ1) is 8.72. The van der Waals surface area contributed by atoms with Gasteiger partial charge in [0.25, 0.3) is 0 Å². The molecule has 3 rings (SSSR count). The fraction of sp³-hybridized carbons (Fsp3) is 0.133. The van der Waals surface area contributed by atoms with Gasteiger partial charge in [0.15, 0.2) is 6.29 Å². The molecule has 0 aliphatic rings. The van der Waals surface area contributed by atoms with Crippen molar-refractivity contribution in [3.05, 3.63) is 41.5 Å². The van der Waals surface area contributed by atoms with Crippen molar-refractivity contribution in [1.82, 2.24) is 0 Å². The molecule has 18 heavy (non-hydrogen) atoms. The molecule has 0 radical (unpaired) electrons. The van der Waals surface area contributed by atoms with E-state index in [0.29, 0.717) is 16.9 Å². The summed E-state index contributed by atoms with van der Waals surface area (Å²) in [6.45, 7) is 2.02. The number of carbonyl (C=O) groups excluding carboxylic acids is 1. The molecule has 0 bridgehead atoms. The largest absolute Gasteiger partial charge is 0.496 e. The molecule has 0 aliphatic heterocycles. The third-order valence-corrected chi connectivity index (χ3v) is 3.11. The van der Waals surface area contributed by atoms with Crippen LogP contribution in [-0.2, 0) is 0 Å². The van der Waals surface area contributed by atoms with Gasteiger partial charge in [-0.2, -0.15) is 0 Å². The van der Waals surface area contributed by atoms with E-state index in [4.69, 9.17) is 9.15 Å². The molecular formula is C15H12O3. The van der Waals surface area contributed by atoms with Crippen LogP contribution in [0.25, 0.3) is 21.9 Å². The summed E-state index contributed by atoms with van der Waals surface area (Å²) in [4.78, 5) is 11.0. The molecule has 0 aliphatic carbocycles. The van der Waals surface area contributed by atoms with Crippen molar-refractivity contribution in [3.8, 4) is 5.75 Å². The third kappa shape index (κ3) is 1.48. The van der Waals surface area contributed by atoms with Crippen molar-refractivity contribution < 1.29 is 13.9 Å². The van der Waals surface area contributed by atoms with Crippen molar-refractivity contribution in [2.45, 2.75) is 6.92 Å². The molecule has 0 fully saturated rings. The molecule has 0 unspecified atom stereocenters. The summed E-state index contributed by atoms with van der Waals surface area (Å²) in [6, 6.07) is 9.62. The maximum atomic E-state index is 11.0. The van der Waals surface area contributed by atoms with Crippen molar-refractivity contribution in [1.29, 1.82) is 0 Å². The van der Waals surface area contributed by atoms with Gasteiger partial charge < -0.3 is 9.15 Å². The van der Waals surface area contributed by atoms with Gasteiger partial charge in [0.05, 0.1) is 12.7 Å². The molecular weight excluding hydrogens is 228 g/mol. The topological polar surface area (TPSA) is 39.4 Å². The first-order valence-corrected chi connectivity index (χ1v) is 5.69. The summed E-state index contributed by atoms with van der Waals surface area (Å²) in [7, 11) is 1.56. The molecule has 1 aromatic heterocycles. The summed E-state index contributed by atoms with van der Waals surface area (Å²) in [5, 5.41) is 2.00. The van der Waals surface area contributed by atoms with E-state index in [-0.39, 0.29) is 0 Å². The fourth-order valence-electron chi connectivity index (χ4n) is 2.19. The summed E-state index contributed by atoms with van der Waals surface area (Å²) >= 11 is 0. The van der Waals surface area contributed by atoms with E-state index in [2.05, 4.69) is 0 Å². The van der Waals surface area contributed by atoms with Crippen LogP contribution in [0.4, 0.5) is 0 Å². The molecule has 90 valence electrons. The quantitative estimate of drug-likeness (QED) is 0.641. The highest BCUT2D eigenvalue weighted by Crippen LogP contribution is 2.33. The van der Waals surface area contributed by atoms with E-state index >= 15 is 0 Å². The predicted octanol–water partition coefficient (Wildman–Crippen LogP) is 3.72. The number of furan rings is 1. The molecule has 0 atom stereocenters. The molecule has 0 amide bonds. The van der Waals surface area contributed by atoms with Crippen molar-refractivity contribution in [2.75, 3.05) is 7.11 Å². The number of hydrogen-bond donors (Lipinski definition) is 0. The first-order valence-electron chi connectivity index (χ1n) is 5.69. The van der Waals surface area contributed by atoms with E-state index in [1.54, 1.807) is 13.2 Å². The van der Waals surface area contributed by atoms with E-state index in [9.17, 15) is 4.79 Å². The average molecular weight is 240 g/mol. The number of fused-ring (bicyclic) bond motifs is 3. The predicted molar refractivity (Wildman–Crippen MR) is 70.4 cm³/mol. The number of hydrogen-bond acceptors (Lipinski definition) is 3. The molecule has 0 saturated carbocycles. The standard InChI is InChI=1S/C15H12O3/c1-9-3-4-11-12-7-13(17-2)10(8-16)6-15(12)18-14(11)5-9/h3-8H,1-2H3. The number of aryl methyl sites for hydroxylation is 1.